The molecule has 2 heterocycles. The number of rotatable bonds is 7. The molecule has 0 aliphatic heterocycles. The highest BCUT2D eigenvalue weighted by molar-refractivity contribution is 6.00. The van der Waals surface area contributed by atoms with E-state index in [0.29, 0.717) is 35.5 Å². The summed E-state index contributed by atoms with van der Waals surface area (Å²) in [6.07, 6.45) is 5.13. The van der Waals surface area contributed by atoms with E-state index in [1.807, 2.05) is 41.2 Å². The van der Waals surface area contributed by atoms with Gasteiger partial charge < -0.3 is 9.73 Å². The van der Waals surface area contributed by atoms with Gasteiger partial charge in [0.15, 0.2) is 5.76 Å². The zero-order valence-corrected chi connectivity index (χ0v) is 18.2. The highest BCUT2D eigenvalue weighted by atomic mass is 19.1. The molecule has 5 rings (SSSR count). The van der Waals surface area contributed by atoms with Gasteiger partial charge in [0.05, 0.1) is 23.9 Å². The zero-order valence-electron chi connectivity index (χ0n) is 18.2. The van der Waals surface area contributed by atoms with Crippen molar-refractivity contribution in [2.45, 2.75) is 13.1 Å². The number of halogens is 1. The molecule has 0 radical (unpaired) electrons. The lowest BCUT2D eigenvalue weighted by atomic mass is 10.1. The summed E-state index contributed by atoms with van der Waals surface area (Å²) in [5.74, 6) is -0.0841. The number of oxazole rings is 1. The molecule has 0 saturated heterocycles. The van der Waals surface area contributed by atoms with Crippen LogP contribution in [-0.2, 0) is 13.1 Å². The van der Waals surface area contributed by atoms with Crippen LogP contribution in [0.4, 0.5) is 4.39 Å². The van der Waals surface area contributed by atoms with Crippen LogP contribution in [0.5, 0.6) is 0 Å². The van der Waals surface area contributed by atoms with E-state index in [4.69, 9.17) is 4.42 Å². The molecule has 168 valence electrons. The molecule has 1 amide bonds. The Balaban J connectivity index is 1.29. The van der Waals surface area contributed by atoms with Crippen LogP contribution in [0.1, 0.15) is 21.5 Å². The summed E-state index contributed by atoms with van der Waals surface area (Å²) in [4.78, 5) is 17.3. The first-order chi connectivity index (χ1) is 16.7. The number of nitrogens with one attached hydrogen (secondary N) is 1. The van der Waals surface area contributed by atoms with E-state index in [-0.39, 0.29) is 11.8 Å². The summed E-state index contributed by atoms with van der Waals surface area (Å²) >= 11 is 0. The van der Waals surface area contributed by atoms with Crippen LogP contribution in [0.3, 0.4) is 0 Å². The fourth-order valence-electron chi connectivity index (χ4n) is 3.67. The Morgan fingerprint density at radius 3 is 2.41 bits per heavy atom. The number of nitrogens with zero attached hydrogens (tertiary/aromatic N) is 3. The predicted molar refractivity (Wildman–Crippen MR) is 126 cm³/mol. The first-order valence-electron chi connectivity index (χ1n) is 10.8. The number of hydrogen-bond acceptors (Lipinski definition) is 4. The molecule has 2 aromatic heterocycles. The van der Waals surface area contributed by atoms with E-state index in [0.717, 1.165) is 11.1 Å². The fourth-order valence-corrected chi connectivity index (χ4v) is 3.67. The Hall–Kier alpha value is -4.52. The summed E-state index contributed by atoms with van der Waals surface area (Å²) in [6, 6.07) is 23.3. The van der Waals surface area contributed by atoms with Gasteiger partial charge in [-0.05, 0) is 41.5 Å². The molecule has 0 unspecified atom stereocenters. The summed E-state index contributed by atoms with van der Waals surface area (Å²) < 4.78 is 21.8. The summed E-state index contributed by atoms with van der Waals surface area (Å²) in [7, 11) is 0. The van der Waals surface area contributed by atoms with Crippen LogP contribution in [0.25, 0.3) is 22.8 Å². The number of carbonyl (C=O) groups excluding carboxylic acids is 1. The molecule has 5 aromatic rings. The molecule has 6 nitrogen and oxygen atoms in total. The van der Waals surface area contributed by atoms with Crippen molar-refractivity contribution in [3.8, 4) is 22.8 Å². The van der Waals surface area contributed by atoms with E-state index < -0.39 is 5.82 Å². The predicted octanol–water partition coefficient (Wildman–Crippen LogP) is 5.32. The maximum absolute atomic E-state index is 14.1. The van der Waals surface area contributed by atoms with Gasteiger partial charge in [-0.2, -0.15) is 5.10 Å². The molecular formula is C27H21FN4O2. The summed E-state index contributed by atoms with van der Waals surface area (Å²) in [5.41, 5.74) is 3.39. The number of carbonyl (C=O) groups is 1. The van der Waals surface area contributed by atoms with Crippen LogP contribution in [-0.4, -0.2) is 20.7 Å². The van der Waals surface area contributed by atoms with Crippen LogP contribution in [0.15, 0.2) is 102 Å². The van der Waals surface area contributed by atoms with Gasteiger partial charge in [0, 0.05) is 24.5 Å². The van der Waals surface area contributed by atoms with Gasteiger partial charge in [-0.3, -0.25) is 9.48 Å². The smallest absolute Gasteiger partial charge is 0.252 e. The number of benzene rings is 3. The van der Waals surface area contributed by atoms with E-state index in [1.54, 1.807) is 48.7 Å². The second-order valence-corrected chi connectivity index (χ2v) is 7.76. The number of aromatic nitrogens is 3. The molecule has 0 bridgehead atoms. The van der Waals surface area contributed by atoms with Gasteiger partial charge in [-0.15, -0.1) is 0 Å². The monoisotopic (exact) mass is 452 g/mol. The van der Waals surface area contributed by atoms with Crippen molar-refractivity contribution in [3.05, 3.63) is 120 Å². The third kappa shape index (κ3) is 4.63. The molecule has 1 N–H and O–H groups in total. The average Bonchev–Trinajstić information content (AvgIpc) is 3.56. The highest BCUT2D eigenvalue weighted by Gasteiger charge is 2.18. The Bertz CT molecular complexity index is 1410. The van der Waals surface area contributed by atoms with Gasteiger partial charge in [0.2, 0.25) is 5.89 Å². The molecule has 0 aliphatic rings. The van der Waals surface area contributed by atoms with Crippen LogP contribution < -0.4 is 5.32 Å². The Morgan fingerprint density at radius 1 is 0.912 bits per heavy atom. The van der Waals surface area contributed by atoms with Gasteiger partial charge in [0.25, 0.3) is 5.91 Å². The molecular weight excluding hydrogens is 431 g/mol. The third-order valence-electron chi connectivity index (χ3n) is 5.43. The minimum absolute atomic E-state index is 0.248. The van der Waals surface area contributed by atoms with Crippen LogP contribution >= 0.6 is 0 Å². The third-order valence-corrected chi connectivity index (χ3v) is 5.43. The van der Waals surface area contributed by atoms with Gasteiger partial charge in [-0.25, -0.2) is 9.37 Å². The van der Waals surface area contributed by atoms with Crippen molar-refractivity contribution >= 4 is 5.91 Å². The quantitative estimate of drug-likeness (QED) is 0.363. The largest absolute Gasteiger partial charge is 0.436 e. The molecule has 0 atom stereocenters. The van der Waals surface area contributed by atoms with E-state index in [1.165, 1.54) is 12.3 Å². The minimum Gasteiger partial charge on any atom is -0.436 e. The second-order valence-electron chi connectivity index (χ2n) is 7.76. The standard InChI is InChI=1S/C27H21FN4O2/c28-24-9-4-3-8-23(24)25-17-30-27(34-25)22-7-2-1-6-21(22)26(33)29-16-19-10-12-20(13-11-19)18-32-15-5-14-31-32/h1-15,17H,16,18H2,(H,29,33). The van der Waals surface area contributed by atoms with Crippen molar-refractivity contribution in [1.82, 2.24) is 20.1 Å². The Morgan fingerprint density at radius 2 is 1.65 bits per heavy atom. The van der Waals surface area contributed by atoms with Crippen molar-refractivity contribution in [2.24, 2.45) is 0 Å². The lowest BCUT2D eigenvalue weighted by Crippen LogP contribution is -2.23. The van der Waals surface area contributed by atoms with Crippen LogP contribution in [0, 0.1) is 5.82 Å². The minimum atomic E-state index is -0.396. The fraction of sp³-hybridized carbons (Fsp3) is 0.0741. The summed E-state index contributed by atoms with van der Waals surface area (Å²) in [6.45, 7) is 1.07. The zero-order chi connectivity index (χ0) is 23.3. The van der Waals surface area contributed by atoms with Crippen LogP contribution in [0.2, 0.25) is 0 Å². The normalized spacial score (nSPS) is 10.9. The molecule has 34 heavy (non-hydrogen) atoms. The maximum Gasteiger partial charge on any atom is 0.252 e. The number of hydrogen-bond donors (Lipinski definition) is 1. The first kappa shape index (κ1) is 21.3. The van der Waals surface area contributed by atoms with Crippen molar-refractivity contribution in [3.63, 3.8) is 0 Å². The van der Waals surface area contributed by atoms with Gasteiger partial charge >= 0.3 is 0 Å². The average molecular weight is 452 g/mol. The summed E-state index contributed by atoms with van der Waals surface area (Å²) in [5, 5.41) is 7.16. The molecule has 0 spiro atoms. The van der Waals surface area contributed by atoms with E-state index >= 15 is 0 Å². The molecule has 0 fully saturated rings. The molecule has 7 heteroatoms. The SMILES string of the molecule is O=C(NCc1ccc(Cn2cccn2)cc1)c1ccccc1-c1ncc(-c2ccccc2F)o1. The maximum atomic E-state index is 14.1. The second kappa shape index (κ2) is 9.54. The van der Waals surface area contributed by atoms with E-state index in [2.05, 4.69) is 15.4 Å². The molecule has 0 aliphatic carbocycles. The topological polar surface area (TPSA) is 73.0 Å². The lowest BCUT2D eigenvalue weighted by molar-refractivity contribution is 0.0951. The van der Waals surface area contributed by atoms with Gasteiger partial charge in [-0.1, -0.05) is 48.5 Å². The van der Waals surface area contributed by atoms with Crippen molar-refractivity contribution in [2.75, 3.05) is 0 Å². The molecule has 0 saturated carbocycles. The van der Waals surface area contributed by atoms with Crippen molar-refractivity contribution < 1.29 is 13.6 Å². The molecule has 3 aromatic carbocycles. The lowest BCUT2D eigenvalue weighted by Gasteiger charge is -2.09. The van der Waals surface area contributed by atoms with Gasteiger partial charge in [0.1, 0.15) is 5.82 Å². The number of amides is 1. The highest BCUT2D eigenvalue weighted by Crippen LogP contribution is 2.29. The van der Waals surface area contributed by atoms with E-state index in [9.17, 15) is 9.18 Å². The van der Waals surface area contributed by atoms with Crippen molar-refractivity contribution in [1.29, 1.82) is 0 Å². The Kier molecular flexibility index (Phi) is 5.99. The first-order valence-corrected chi connectivity index (χ1v) is 10.8. The Labute approximate surface area is 195 Å².